The van der Waals surface area contributed by atoms with E-state index in [2.05, 4.69) is 20.0 Å². The van der Waals surface area contributed by atoms with Crippen LogP contribution in [-0.4, -0.2) is 62.9 Å². The first-order chi connectivity index (χ1) is 18.1. The Bertz CT molecular complexity index is 1620. The molecule has 200 valence electrons. The SMILES string of the molecule is CC[C@H](NC(=O)[C@H](CS(=O)(=O)CC1CC1)N=C1NS(=O)(=O)c2ccccc21)C(=O)c1nc2ccccc2o1. The standard InChI is InChI=1S/C25H26N4O7S2/c1-2-17(22(30)25-28-18-8-4-5-9-20(18)36-25)27-24(31)19(14-37(32,33)13-15-11-12-15)26-23-16-7-3-6-10-21(16)38(34,35)29-23/h3-10,15,17,19H,2,11-14H2,1H3,(H,26,29)(H,27,31)/t17-,19-/m0/s1. The van der Waals surface area contributed by atoms with Crippen molar-refractivity contribution in [3.8, 4) is 0 Å². The highest BCUT2D eigenvalue weighted by molar-refractivity contribution is 7.91. The third-order valence-corrected chi connectivity index (χ3v) is 9.59. The zero-order valence-corrected chi connectivity index (χ0v) is 22.1. The van der Waals surface area contributed by atoms with Crippen molar-refractivity contribution in [2.75, 3.05) is 11.5 Å². The van der Waals surface area contributed by atoms with E-state index in [1.54, 1.807) is 43.3 Å². The quantitative estimate of drug-likeness (QED) is 0.356. The minimum absolute atomic E-state index is 0.0173. The molecular formula is C25H26N4O7S2. The van der Waals surface area contributed by atoms with Crippen LogP contribution in [0.5, 0.6) is 0 Å². The van der Waals surface area contributed by atoms with E-state index in [4.69, 9.17) is 4.42 Å². The first-order valence-corrected chi connectivity index (χ1v) is 15.5. The molecule has 0 radical (unpaired) electrons. The summed E-state index contributed by atoms with van der Waals surface area (Å²) < 4.78 is 58.6. The van der Waals surface area contributed by atoms with Gasteiger partial charge in [-0.2, -0.15) is 0 Å². The maximum Gasteiger partial charge on any atom is 0.266 e. The van der Waals surface area contributed by atoms with Crippen LogP contribution in [0.2, 0.25) is 0 Å². The van der Waals surface area contributed by atoms with Gasteiger partial charge in [-0.05, 0) is 49.4 Å². The van der Waals surface area contributed by atoms with Gasteiger partial charge in [-0.1, -0.05) is 31.2 Å². The fourth-order valence-corrected chi connectivity index (χ4v) is 7.39. The van der Waals surface area contributed by atoms with Crippen molar-refractivity contribution >= 4 is 48.5 Å². The molecule has 1 fully saturated rings. The number of para-hydroxylation sites is 2. The highest BCUT2D eigenvalue weighted by Gasteiger charge is 2.36. The predicted octanol–water partition coefficient (Wildman–Crippen LogP) is 1.84. The zero-order chi connectivity index (χ0) is 27.1. The van der Waals surface area contributed by atoms with Crippen LogP contribution in [0.3, 0.4) is 0 Å². The van der Waals surface area contributed by atoms with Crippen LogP contribution in [0.4, 0.5) is 0 Å². The first-order valence-electron chi connectivity index (χ1n) is 12.2. The molecule has 1 aliphatic heterocycles. The largest absolute Gasteiger partial charge is 0.434 e. The second-order valence-electron chi connectivity index (χ2n) is 9.44. The molecule has 13 heteroatoms. The van der Waals surface area contributed by atoms with Crippen LogP contribution >= 0.6 is 0 Å². The topological polar surface area (TPSA) is 165 Å². The molecule has 2 atom stereocenters. The number of carbonyl (C=O) groups is 2. The van der Waals surface area contributed by atoms with Crippen LogP contribution in [0.1, 0.15) is 42.4 Å². The van der Waals surface area contributed by atoms with Gasteiger partial charge in [0.2, 0.25) is 11.7 Å². The lowest BCUT2D eigenvalue weighted by Crippen LogP contribution is -2.47. The van der Waals surface area contributed by atoms with Gasteiger partial charge in [-0.15, -0.1) is 0 Å². The Morgan fingerprint density at radius 2 is 1.87 bits per heavy atom. The van der Waals surface area contributed by atoms with E-state index in [1.165, 1.54) is 12.1 Å². The summed E-state index contributed by atoms with van der Waals surface area (Å²) >= 11 is 0. The molecule has 0 bridgehead atoms. The van der Waals surface area contributed by atoms with Crippen molar-refractivity contribution in [1.29, 1.82) is 0 Å². The van der Waals surface area contributed by atoms with Gasteiger partial charge in [0, 0.05) is 5.56 Å². The summed E-state index contributed by atoms with van der Waals surface area (Å²) in [4.78, 5) is 35.0. The Morgan fingerprint density at radius 1 is 1.16 bits per heavy atom. The van der Waals surface area contributed by atoms with Gasteiger partial charge in [0.15, 0.2) is 15.4 Å². The maximum absolute atomic E-state index is 13.4. The number of hydrogen-bond donors (Lipinski definition) is 2. The van der Waals surface area contributed by atoms with Crippen LogP contribution in [0, 0.1) is 5.92 Å². The van der Waals surface area contributed by atoms with Gasteiger partial charge < -0.3 is 9.73 Å². The Morgan fingerprint density at radius 3 is 2.58 bits per heavy atom. The van der Waals surface area contributed by atoms with Gasteiger partial charge in [-0.3, -0.25) is 19.3 Å². The molecule has 1 saturated carbocycles. The number of amides is 1. The predicted molar refractivity (Wildman–Crippen MR) is 139 cm³/mol. The summed E-state index contributed by atoms with van der Waals surface area (Å²) in [6.07, 6.45) is 1.78. The van der Waals surface area contributed by atoms with Crippen LogP contribution in [-0.2, 0) is 24.7 Å². The molecule has 11 nitrogen and oxygen atoms in total. The molecule has 2 heterocycles. The molecule has 1 amide bonds. The van der Waals surface area contributed by atoms with E-state index in [9.17, 15) is 26.4 Å². The van der Waals surface area contributed by atoms with E-state index in [0.29, 0.717) is 11.1 Å². The minimum Gasteiger partial charge on any atom is -0.434 e. The number of Topliss-reactive ketones (excluding diaryl/α,β-unsaturated/α-hetero) is 1. The number of sulfonamides is 1. The van der Waals surface area contributed by atoms with Crippen molar-refractivity contribution < 1.29 is 30.8 Å². The van der Waals surface area contributed by atoms with Gasteiger partial charge in [-0.25, -0.2) is 21.8 Å². The number of oxazole rings is 1. The molecule has 0 unspecified atom stereocenters. The number of benzene rings is 2. The fraction of sp³-hybridized carbons (Fsp3) is 0.360. The molecule has 2 N–H and O–H groups in total. The lowest BCUT2D eigenvalue weighted by atomic mass is 10.1. The number of rotatable bonds is 10. The smallest absolute Gasteiger partial charge is 0.266 e. The van der Waals surface area contributed by atoms with Gasteiger partial charge in [0.25, 0.3) is 15.9 Å². The number of sulfone groups is 1. The summed E-state index contributed by atoms with van der Waals surface area (Å²) in [7, 11) is -7.61. The normalized spacial score (nSPS) is 19.0. The van der Waals surface area contributed by atoms with Crippen LogP contribution < -0.4 is 10.0 Å². The summed E-state index contributed by atoms with van der Waals surface area (Å²) in [5.41, 5.74) is 1.14. The van der Waals surface area contributed by atoms with Crippen LogP contribution in [0.15, 0.2) is 62.8 Å². The maximum atomic E-state index is 13.4. The average Bonchev–Trinajstić information content (AvgIpc) is 3.50. The van der Waals surface area contributed by atoms with Crippen molar-refractivity contribution in [3.05, 3.63) is 60.0 Å². The van der Waals surface area contributed by atoms with E-state index < -0.39 is 49.4 Å². The number of nitrogens with zero attached hydrogens (tertiary/aromatic N) is 2. The third-order valence-electron chi connectivity index (χ3n) is 6.39. The third kappa shape index (κ3) is 5.48. The Labute approximate surface area is 219 Å². The van der Waals surface area contributed by atoms with E-state index in [-0.39, 0.29) is 40.3 Å². The summed E-state index contributed by atoms with van der Waals surface area (Å²) in [6.45, 7) is 1.68. The van der Waals surface area contributed by atoms with Gasteiger partial charge in [0.05, 0.1) is 22.4 Å². The Hall–Kier alpha value is -3.58. The second-order valence-corrected chi connectivity index (χ2v) is 13.2. The number of amidine groups is 1. The molecule has 2 aliphatic rings. The number of ketones is 1. The van der Waals surface area contributed by atoms with Gasteiger partial charge >= 0.3 is 0 Å². The molecule has 3 aromatic rings. The number of aromatic nitrogens is 1. The second kappa shape index (κ2) is 9.95. The molecule has 1 aromatic heterocycles. The van der Waals surface area contributed by atoms with E-state index in [1.807, 2.05) is 0 Å². The van der Waals surface area contributed by atoms with Crippen molar-refractivity contribution in [2.45, 2.75) is 43.2 Å². The lowest BCUT2D eigenvalue weighted by molar-refractivity contribution is -0.122. The highest BCUT2D eigenvalue weighted by atomic mass is 32.2. The molecule has 2 aromatic carbocycles. The van der Waals surface area contributed by atoms with Crippen LogP contribution in [0.25, 0.3) is 11.1 Å². The lowest BCUT2D eigenvalue weighted by Gasteiger charge is -2.19. The number of nitrogens with one attached hydrogen (secondary N) is 2. The van der Waals surface area contributed by atoms with E-state index >= 15 is 0 Å². The fourth-order valence-electron chi connectivity index (χ4n) is 4.26. The number of hydrogen-bond acceptors (Lipinski definition) is 9. The zero-order valence-electron chi connectivity index (χ0n) is 20.5. The van der Waals surface area contributed by atoms with E-state index in [0.717, 1.165) is 12.8 Å². The number of fused-ring (bicyclic) bond motifs is 2. The highest BCUT2D eigenvalue weighted by Crippen LogP contribution is 2.31. The van der Waals surface area contributed by atoms with Crippen molar-refractivity contribution in [2.24, 2.45) is 10.9 Å². The first kappa shape index (κ1) is 26.0. The molecule has 1 aliphatic carbocycles. The summed E-state index contributed by atoms with van der Waals surface area (Å²) in [6, 6.07) is 10.4. The average molecular weight is 559 g/mol. The Kier molecular flexibility index (Phi) is 6.82. The molecule has 38 heavy (non-hydrogen) atoms. The van der Waals surface area contributed by atoms with Crippen molar-refractivity contribution in [3.63, 3.8) is 0 Å². The van der Waals surface area contributed by atoms with Gasteiger partial charge in [0.1, 0.15) is 17.4 Å². The monoisotopic (exact) mass is 558 g/mol. The molecule has 5 rings (SSSR count). The summed E-state index contributed by atoms with van der Waals surface area (Å²) in [5.74, 6) is -2.36. The number of carbonyl (C=O) groups excluding carboxylic acids is 2. The molecule has 0 spiro atoms. The molecule has 0 saturated heterocycles. The number of aliphatic imine (C=N–C) groups is 1. The minimum atomic E-state index is -3.91. The van der Waals surface area contributed by atoms with Crippen molar-refractivity contribution in [1.82, 2.24) is 15.0 Å². The molecular weight excluding hydrogens is 532 g/mol. The summed E-state index contributed by atoms with van der Waals surface area (Å²) in [5, 5.41) is 2.58. The Balaban J connectivity index is 1.43.